The third-order valence-corrected chi connectivity index (χ3v) is 5.33. The molecule has 5 rings (SSSR count). The van der Waals surface area contributed by atoms with E-state index in [4.69, 9.17) is 0 Å². The zero-order chi connectivity index (χ0) is 20.3. The van der Waals surface area contributed by atoms with Crippen molar-refractivity contribution in [2.45, 2.75) is 0 Å². The predicted octanol–water partition coefficient (Wildman–Crippen LogP) is 3.40. The molecule has 31 heavy (non-hydrogen) atoms. The first kappa shape index (κ1) is 20.9. The van der Waals surface area contributed by atoms with Crippen LogP contribution < -0.4 is 10.2 Å². The number of rotatable bonds is 4. The molecule has 0 amide bonds. The van der Waals surface area contributed by atoms with E-state index >= 15 is 0 Å². The Morgan fingerprint density at radius 1 is 0.806 bits per heavy atom. The van der Waals surface area contributed by atoms with Crippen LogP contribution in [0.5, 0.6) is 0 Å². The van der Waals surface area contributed by atoms with Crippen molar-refractivity contribution in [2.24, 2.45) is 0 Å². The highest BCUT2D eigenvalue weighted by Crippen LogP contribution is 2.28. The first-order valence-corrected chi connectivity index (χ1v) is 9.94. The number of hydrogen-bond donors (Lipinski definition) is 1. The van der Waals surface area contributed by atoms with Gasteiger partial charge in [-0.05, 0) is 24.7 Å². The third kappa shape index (κ3) is 4.55. The van der Waals surface area contributed by atoms with Crippen LogP contribution in [-0.4, -0.2) is 63.0 Å². The maximum Gasteiger partial charge on any atom is 0.225 e. The van der Waals surface area contributed by atoms with Crippen molar-refractivity contribution in [2.75, 3.05) is 43.4 Å². The van der Waals surface area contributed by atoms with E-state index in [2.05, 4.69) is 65.3 Å². The average Bonchev–Trinajstić information content (AvgIpc) is 2.80. The Kier molecular flexibility index (Phi) is 6.20. The standard InChI is InChI=1S/C22H22N8.ClH/c1-29-8-10-30(11-9-29)22-26-13-17(14-27-22)16-2-3-18-19(4-5-24-20(18)12-16)28-21-15-23-6-7-25-21;/h2-7,12-15H,8-11H2,1H3,(H,24,25,28);1H. The summed E-state index contributed by atoms with van der Waals surface area (Å²) >= 11 is 0. The lowest BCUT2D eigenvalue weighted by Crippen LogP contribution is -2.45. The largest absolute Gasteiger partial charge is 0.338 e. The van der Waals surface area contributed by atoms with Gasteiger partial charge in [-0.1, -0.05) is 12.1 Å². The molecule has 1 aliphatic rings. The summed E-state index contributed by atoms with van der Waals surface area (Å²) in [5.74, 6) is 1.49. The molecule has 0 aliphatic carbocycles. The monoisotopic (exact) mass is 434 g/mol. The molecule has 158 valence electrons. The van der Waals surface area contributed by atoms with E-state index in [9.17, 15) is 0 Å². The average molecular weight is 435 g/mol. The lowest BCUT2D eigenvalue weighted by molar-refractivity contribution is 0.311. The summed E-state index contributed by atoms with van der Waals surface area (Å²) in [6, 6.07) is 8.13. The van der Waals surface area contributed by atoms with Crippen molar-refractivity contribution in [3.05, 3.63) is 61.4 Å². The van der Waals surface area contributed by atoms with Gasteiger partial charge in [-0.15, -0.1) is 12.4 Å². The summed E-state index contributed by atoms with van der Waals surface area (Å²) < 4.78 is 0. The van der Waals surface area contributed by atoms with Gasteiger partial charge in [0.15, 0.2) is 0 Å². The molecular weight excluding hydrogens is 412 g/mol. The second kappa shape index (κ2) is 9.20. The lowest BCUT2D eigenvalue weighted by atomic mass is 10.1. The first-order chi connectivity index (χ1) is 14.8. The number of benzene rings is 1. The number of pyridine rings is 1. The van der Waals surface area contributed by atoms with Crippen LogP contribution in [0.2, 0.25) is 0 Å². The summed E-state index contributed by atoms with van der Waals surface area (Å²) in [5, 5.41) is 4.32. The molecule has 9 heteroatoms. The summed E-state index contributed by atoms with van der Waals surface area (Å²) in [5.41, 5.74) is 3.85. The molecule has 4 aromatic rings. The van der Waals surface area contributed by atoms with Crippen molar-refractivity contribution in [1.29, 1.82) is 0 Å². The molecule has 0 radical (unpaired) electrons. The molecule has 0 bridgehead atoms. The number of hydrogen-bond acceptors (Lipinski definition) is 8. The van der Waals surface area contributed by atoms with Crippen molar-refractivity contribution >= 4 is 40.8 Å². The molecule has 0 unspecified atom stereocenters. The summed E-state index contributed by atoms with van der Waals surface area (Å²) in [4.78, 5) is 26.7. The Hall–Kier alpha value is -3.36. The number of nitrogens with one attached hydrogen (secondary N) is 1. The number of piperazine rings is 1. The summed E-state index contributed by atoms with van der Waals surface area (Å²) in [6.07, 6.45) is 10.6. The van der Waals surface area contributed by atoms with Gasteiger partial charge in [0.1, 0.15) is 5.82 Å². The molecule has 1 N–H and O–H groups in total. The van der Waals surface area contributed by atoms with Crippen molar-refractivity contribution in [3.63, 3.8) is 0 Å². The maximum absolute atomic E-state index is 4.61. The van der Waals surface area contributed by atoms with E-state index < -0.39 is 0 Å². The van der Waals surface area contributed by atoms with Crippen LogP contribution in [0.4, 0.5) is 17.5 Å². The maximum atomic E-state index is 4.61. The molecule has 1 fully saturated rings. The summed E-state index contributed by atoms with van der Waals surface area (Å²) in [7, 11) is 2.14. The van der Waals surface area contributed by atoms with Crippen LogP contribution in [0.25, 0.3) is 22.0 Å². The van der Waals surface area contributed by atoms with E-state index in [0.29, 0.717) is 5.82 Å². The molecule has 0 atom stereocenters. The van der Waals surface area contributed by atoms with Crippen LogP contribution in [0.1, 0.15) is 0 Å². The highest BCUT2D eigenvalue weighted by Gasteiger charge is 2.16. The molecule has 1 aliphatic heterocycles. The highest BCUT2D eigenvalue weighted by molar-refractivity contribution is 5.94. The fourth-order valence-corrected chi connectivity index (χ4v) is 3.58. The SMILES string of the molecule is CN1CCN(c2ncc(-c3ccc4c(Nc5cnccn5)ccnc4c3)cn2)CC1.Cl. The Morgan fingerprint density at radius 2 is 1.61 bits per heavy atom. The zero-order valence-electron chi connectivity index (χ0n) is 17.1. The highest BCUT2D eigenvalue weighted by atomic mass is 35.5. The van der Waals surface area contributed by atoms with Gasteiger partial charge >= 0.3 is 0 Å². The van der Waals surface area contributed by atoms with Gasteiger partial charge < -0.3 is 15.1 Å². The van der Waals surface area contributed by atoms with E-state index in [0.717, 1.165) is 59.8 Å². The number of nitrogens with zero attached hydrogens (tertiary/aromatic N) is 7. The molecule has 1 saturated heterocycles. The van der Waals surface area contributed by atoms with E-state index in [1.54, 1.807) is 24.8 Å². The van der Waals surface area contributed by atoms with Gasteiger partial charge in [0.2, 0.25) is 5.95 Å². The lowest BCUT2D eigenvalue weighted by Gasteiger charge is -2.32. The molecule has 1 aromatic carbocycles. The van der Waals surface area contributed by atoms with Crippen molar-refractivity contribution in [1.82, 2.24) is 29.8 Å². The number of fused-ring (bicyclic) bond motifs is 1. The molecule has 8 nitrogen and oxygen atoms in total. The Bertz CT molecular complexity index is 1150. The van der Waals surface area contributed by atoms with Gasteiger partial charge in [-0.2, -0.15) is 0 Å². The molecule has 3 aromatic heterocycles. The Morgan fingerprint density at radius 3 is 2.35 bits per heavy atom. The minimum atomic E-state index is 0. The van der Waals surface area contributed by atoms with Gasteiger partial charge in [0, 0.05) is 68.1 Å². The van der Waals surface area contributed by atoms with Crippen molar-refractivity contribution in [3.8, 4) is 11.1 Å². The molecule has 0 spiro atoms. The topological polar surface area (TPSA) is 83.0 Å². The minimum Gasteiger partial charge on any atom is -0.338 e. The molecule has 0 saturated carbocycles. The van der Waals surface area contributed by atoms with E-state index in [1.807, 2.05) is 18.5 Å². The van der Waals surface area contributed by atoms with Crippen LogP contribution in [0.15, 0.2) is 61.4 Å². The number of anilines is 3. The smallest absolute Gasteiger partial charge is 0.225 e. The minimum absolute atomic E-state index is 0. The number of likely N-dealkylation sites (N-methyl/N-ethyl adjacent to an activating group) is 1. The first-order valence-electron chi connectivity index (χ1n) is 9.94. The predicted molar refractivity (Wildman–Crippen MR) is 125 cm³/mol. The van der Waals surface area contributed by atoms with Crippen LogP contribution in [-0.2, 0) is 0 Å². The molecular formula is C22H23ClN8. The van der Waals surface area contributed by atoms with Crippen LogP contribution >= 0.6 is 12.4 Å². The summed E-state index contributed by atoms with van der Waals surface area (Å²) in [6.45, 7) is 3.98. The second-order valence-electron chi connectivity index (χ2n) is 7.37. The fourth-order valence-electron chi connectivity index (χ4n) is 3.58. The van der Waals surface area contributed by atoms with E-state index in [1.165, 1.54) is 0 Å². The van der Waals surface area contributed by atoms with Gasteiger partial charge in [-0.25, -0.2) is 15.0 Å². The van der Waals surface area contributed by atoms with Crippen LogP contribution in [0.3, 0.4) is 0 Å². The molecule has 4 heterocycles. The third-order valence-electron chi connectivity index (χ3n) is 5.33. The Balaban J connectivity index is 0.00000231. The van der Waals surface area contributed by atoms with Gasteiger partial charge in [0.25, 0.3) is 0 Å². The quantitative estimate of drug-likeness (QED) is 0.523. The van der Waals surface area contributed by atoms with Crippen LogP contribution in [0, 0.1) is 0 Å². The van der Waals surface area contributed by atoms with E-state index in [-0.39, 0.29) is 12.4 Å². The fraction of sp³-hybridized carbons (Fsp3) is 0.227. The van der Waals surface area contributed by atoms with Gasteiger partial charge in [0.05, 0.1) is 17.4 Å². The zero-order valence-corrected chi connectivity index (χ0v) is 18.0. The Labute approximate surface area is 186 Å². The van der Waals surface area contributed by atoms with Crippen molar-refractivity contribution < 1.29 is 0 Å². The van der Waals surface area contributed by atoms with Gasteiger partial charge in [-0.3, -0.25) is 9.97 Å². The number of aromatic nitrogens is 5. The normalized spacial score (nSPS) is 14.3. The second-order valence-corrected chi connectivity index (χ2v) is 7.37. The number of halogens is 1.